The van der Waals surface area contributed by atoms with Crippen LogP contribution in [0.4, 0.5) is 0 Å². The predicted octanol–water partition coefficient (Wildman–Crippen LogP) is 4.71. The fraction of sp³-hybridized carbons (Fsp3) is 0.526. The average molecular weight is 282 g/mol. The maximum Gasteiger partial charge on any atom is 0.0705 e. The molecule has 0 radical (unpaired) electrons. The monoisotopic (exact) mass is 282 g/mol. The van der Waals surface area contributed by atoms with E-state index in [1.54, 1.807) is 0 Å². The zero-order valence-electron chi connectivity index (χ0n) is 13.4. The SMILES string of the molecule is CNC(c1cccc2ncccc12)C1CCC(C)(C)CC1. The highest BCUT2D eigenvalue weighted by Crippen LogP contribution is 2.43. The molecule has 2 heteroatoms. The van der Waals surface area contributed by atoms with Crippen molar-refractivity contribution in [2.24, 2.45) is 11.3 Å². The number of nitrogens with zero attached hydrogens (tertiary/aromatic N) is 1. The summed E-state index contributed by atoms with van der Waals surface area (Å²) in [6.07, 6.45) is 7.17. The quantitative estimate of drug-likeness (QED) is 0.881. The van der Waals surface area contributed by atoms with E-state index in [0.717, 1.165) is 11.4 Å². The van der Waals surface area contributed by atoms with Gasteiger partial charge in [0.2, 0.25) is 0 Å². The molecule has 112 valence electrons. The third kappa shape index (κ3) is 2.96. The van der Waals surface area contributed by atoms with E-state index in [4.69, 9.17) is 0 Å². The third-order valence-corrected chi connectivity index (χ3v) is 5.18. The van der Waals surface area contributed by atoms with Crippen molar-refractivity contribution in [2.75, 3.05) is 7.05 Å². The van der Waals surface area contributed by atoms with Crippen LogP contribution < -0.4 is 5.32 Å². The first-order chi connectivity index (χ1) is 10.1. The molecule has 0 amide bonds. The van der Waals surface area contributed by atoms with Crippen LogP contribution in [0.3, 0.4) is 0 Å². The minimum Gasteiger partial charge on any atom is -0.313 e. The lowest BCUT2D eigenvalue weighted by molar-refractivity contribution is 0.165. The largest absolute Gasteiger partial charge is 0.313 e. The molecule has 1 fully saturated rings. The zero-order chi connectivity index (χ0) is 14.9. The van der Waals surface area contributed by atoms with Gasteiger partial charge in [0.25, 0.3) is 0 Å². The number of rotatable bonds is 3. The molecule has 1 aliphatic rings. The van der Waals surface area contributed by atoms with E-state index in [2.05, 4.69) is 55.5 Å². The van der Waals surface area contributed by atoms with Crippen LogP contribution in [0.15, 0.2) is 36.5 Å². The Labute approximate surface area is 128 Å². The summed E-state index contributed by atoms with van der Waals surface area (Å²) < 4.78 is 0. The second kappa shape index (κ2) is 5.76. The number of aromatic nitrogens is 1. The average Bonchev–Trinajstić information content (AvgIpc) is 2.50. The second-order valence-electron chi connectivity index (χ2n) is 7.19. The molecule has 1 N–H and O–H groups in total. The van der Waals surface area contributed by atoms with E-state index < -0.39 is 0 Å². The highest BCUT2D eigenvalue weighted by Gasteiger charge is 2.31. The van der Waals surface area contributed by atoms with Crippen molar-refractivity contribution in [2.45, 2.75) is 45.6 Å². The van der Waals surface area contributed by atoms with E-state index in [1.807, 2.05) is 12.3 Å². The minimum absolute atomic E-state index is 0.439. The molecule has 0 saturated heterocycles. The van der Waals surface area contributed by atoms with Crippen LogP contribution in [0.25, 0.3) is 10.9 Å². The van der Waals surface area contributed by atoms with Gasteiger partial charge in [-0.1, -0.05) is 32.0 Å². The molecule has 1 aromatic heterocycles. The van der Waals surface area contributed by atoms with Crippen LogP contribution in [0, 0.1) is 11.3 Å². The molecule has 3 rings (SSSR count). The Morgan fingerprint density at radius 2 is 1.90 bits per heavy atom. The second-order valence-corrected chi connectivity index (χ2v) is 7.19. The number of hydrogen-bond donors (Lipinski definition) is 1. The molecule has 1 unspecified atom stereocenters. The number of nitrogens with one attached hydrogen (secondary N) is 1. The standard InChI is InChI=1S/C19H26N2/c1-19(2)11-9-14(10-12-19)18(20-3)16-6-4-8-17-15(16)7-5-13-21-17/h4-8,13-14,18,20H,9-12H2,1-3H3. The van der Waals surface area contributed by atoms with Gasteiger partial charge in [0.1, 0.15) is 0 Å². The topological polar surface area (TPSA) is 24.9 Å². The number of benzene rings is 1. The zero-order valence-corrected chi connectivity index (χ0v) is 13.4. The number of pyridine rings is 1. The Bertz CT molecular complexity index is 602. The number of hydrogen-bond acceptors (Lipinski definition) is 2. The molecule has 0 aliphatic heterocycles. The lowest BCUT2D eigenvalue weighted by Crippen LogP contribution is -2.31. The van der Waals surface area contributed by atoms with Gasteiger partial charge in [-0.2, -0.15) is 0 Å². The van der Waals surface area contributed by atoms with E-state index in [9.17, 15) is 0 Å². The van der Waals surface area contributed by atoms with Crippen LogP contribution in [0.1, 0.15) is 51.1 Å². The molecular formula is C19H26N2. The van der Waals surface area contributed by atoms with Gasteiger partial charge in [0.05, 0.1) is 5.52 Å². The molecule has 0 spiro atoms. The maximum atomic E-state index is 4.50. The normalized spacial score (nSPS) is 20.5. The van der Waals surface area contributed by atoms with Crippen molar-refractivity contribution in [3.05, 3.63) is 42.1 Å². The lowest BCUT2D eigenvalue weighted by atomic mass is 9.70. The van der Waals surface area contributed by atoms with E-state index in [0.29, 0.717) is 11.5 Å². The molecule has 0 bridgehead atoms. The van der Waals surface area contributed by atoms with Gasteiger partial charge >= 0.3 is 0 Å². The van der Waals surface area contributed by atoms with Crippen LogP contribution in [0.5, 0.6) is 0 Å². The molecule has 1 atom stereocenters. The minimum atomic E-state index is 0.439. The van der Waals surface area contributed by atoms with Gasteiger partial charge in [-0.3, -0.25) is 4.98 Å². The first-order valence-corrected chi connectivity index (χ1v) is 8.12. The smallest absolute Gasteiger partial charge is 0.0705 e. The van der Waals surface area contributed by atoms with Crippen molar-refractivity contribution < 1.29 is 0 Å². The Kier molecular flexibility index (Phi) is 3.99. The summed E-state index contributed by atoms with van der Waals surface area (Å²) in [6.45, 7) is 4.80. The molecule has 2 nitrogen and oxygen atoms in total. The highest BCUT2D eigenvalue weighted by atomic mass is 14.9. The van der Waals surface area contributed by atoms with Gasteiger partial charge in [-0.25, -0.2) is 0 Å². The fourth-order valence-electron chi connectivity index (χ4n) is 3.80. The van der Waals surface area contributed by atoms with Crippen molar-refractivity contribution in [3.8, 4) is 0 Å². The summed E-state index contributed by atoms with van der Waals surface area (Å²) in [5.74, 6) is 0.730. The Hall–Kier alpha value is -1.41. The summed E-state index contributed by atoms with van der Waals surface area (Å²) >= 11 is 0. The summed E-state index contributed by atoms with van der Waals surface area (Å²) in [6, 6.07) is 11.2. The van der Waals surface area contributed by atoms with Gasteiger partial charge in [0.15, 0.2) is 0 Å². The molecule has 1 aromatic carbocycles. The molecule has 2 aromatic rings. The van der Waals surface area contributed by atoms with Crippen LogP contribution in [0.2, 0.25) is 0 Å². The van der Waals surface area contributed by atoms with E-state index in [-0.39, 0.29) is 0 Å². The maximum absolute atomic E-state index is 4.50. The third-order valence-electron chi connectivity index (χ3n) is 5.18. The fourth-order valence-corrected chi connectivity index (χ4v) is 3.80. The molecule has 1 heterocycles. The first kappa shape index (κ1) is 14.5. The summed E-state index contributed by atoms with van der Waals surface area (Å²) in [4.78, 5) is 4.50. The summed E-state index contributed by atoms with van der Waals surface area (Å²) in [5, 5.41) is 4.88. The molecular weight excluding hydrogens is 256 g/mol. The van der Waals surface area contributed by atoms with Crippen molar-refractivity contribution >= 4 is 10.9 Å². The Balaban J connectivity index is 1.92. The van der Waals surface area contributed by atoms with E-state index >= 15 is 0 Å². The molecule has 1 aliphatic carbocycles. The van der Waals surface area contributed by atoms with Crippen LogP contribution in [-0.4, -0.2) is 12.0 Å². The summed E-state index contributed by atoms with van der Waals surface area (Å²) in [5.41, 5.74) is 3.04. The summed E-state index contributed by atoms with van der Waals surface area (Å²) in [7, 11) is 2.10. The van der Waals surface area contributed by atoms with Crippen molar-refractivity contribution in [3.63, 3.8) is 0 Å². The van der Waals surface area contributed by atoms with Gasteiger partial charge in [-0.05, 0) is 61.8 Å². The van der Waals surface area contributed by atoms with Crippen molar-refractivity contribution in [1.82, 2.24) is 10.3 Å². The van der Waals surface area contributed by atoms with Gasteiger partial charge < -0.3 is 5.32 Å². The van der Waals surface area contributed by atoms with E-state index in [1.165, 1.54) is 36.6 Å². The molecule has 21 heavy (non-hydrogen) atoms. The lowest BCUT2D eigenvalue weighted by Gasteiger charge is -2.38. The van der Waals surface area contributed by atoms with Crippen LogP contribution >= 0.6 is 0 Å². The Morgan fingerprint density at radius 3 is 2.62 bits per heavy atom. The molecule has 1 saturated carbocycles. The first-order valence-electron chi connectivity index (χ1n) is 8.12. The van der Waals surface area contributed by atoms with Gasteiger partial charge in [0, 0.05) is 17.6 Å². The Morgan fingerprint density at radius 1 is 1.14 bits per heavy atom. The number of fused-ring (bicyclic) bond motifs is 1. The van der Waals surface area contributed by atoms with Crippen LogP contribution in [-0.2, 0) is 0 Å². The highest BCUT2D eigenvalue weighted by molar-refractivity contribution is 5.82. The van der Waals surface area contributed by atoms with Crippen molar-refractivity contribution in [1.29, 1.82) is 0 Å². The predicted molar refractivity (Wildman–Crippen MR) is 89.3 cm³/mol. The van der Waals surface area contributed by atoms with Gasteiger partial charge in [-0.15, -0.1) is 0 Å².